The van der Waals surface area contributed by atoms with Gasteiger partial charge in [-0.1, -0.05) is 6.92 Å². The number of carbonyl (C=O) groups excluding carboxylic acids is 2. The summed E-state index contributed by atoms with van der Waals surface area (Å²) in [5, 5.41) is 0. The zero-order valence-electron chi connectivity index (χ0n) is 18.2. The molecule has 0 radical (unpaired) electrons. The van der Waals surface area contributed by atoms with Crippen molar-refractivity contribution in [2.24, 2.45) is 5.92 Å². The molecule has 28 heavy (non-hydrogen) atoms. The maximum atomic E-state index is 13.1. The topological polar surface area (TPSA) is 53.1 Å². The number of hydrogen-bond donors (Lipinski definition) is 0. The molecule has 4 unspecified atom stereocenters. The van der Waals surface area contributed by atoms with Gasteiger partial charge in [-0.15, -0.1) is 0 Å². The highest BCUT2D eigenvalue weighted by atomic mass is 16.5. The van der Waals surface area contributed by atoms with Crippen molar-refractivity contribution in [1.29, 1.82) is 0 Å². The van der Waals surface area contributed by atoms with E-state index in [9.17, 15) is 9.59 Å². The average molecular weight is 394 g/mol. The molecule has 0 aromatic carbocycles. The van der Waals surface area contributed by atoms with Crippen LogP contribution in [0.2, 0.25) is 0 Å². The second kappa shape index (κ2) is 9.57. The minimum absolute atomic E-state index is 0.0772. The van der Waals surface area contributed by atoms with E-state index in [0.717, 1.165) is 51.7 Å². The number of morpholine rings is 1. The van der Waals surface area contributed by atoms with Crippen molar-refractivity contribution in [3.63, 3.8) is 0 Å². The Hall–Kier alpha value is -1.14. The Morgan fingerprint density at radius 1 is 1.00 bits per heavy atom. The van der Waals surface area contributed by atoms with Gasteiger partial charge in [0.25, 0.3) is 0 Å². The van der Waals surface area contributed by atoms with Gasteiger partial charge in [-0.25, -0.2) is 0 Å². The molecule has 0 saturated carbocycles. The van der Waals surface area contributed by atoms with E-state index >= 15 is 0 Å². The van der Waals surface area contributed by atoms with Gasteiger partial charge in [0, 0.05) is 31.6 Å². The zero-order chi connectivity index (χ0) is 20.3. The number of rotatable bonds is 4. The normalized spacial score (nSPS) is 31.6. The van der Waals surface area contributed by atoms with E-state index in [2.05, 4.69) is 23.6 Å². The third kappa shape index (κ3) is 4.88. The van der Waals surface area contributed by atoms with Gasteiger partial charge in [0.2, 0.25) is 11.8 Å². The zero-order valence-corrected chi connectivity index (χ0v) is 18.2. The third-order valence-electron chi connectivity index (χ3n) is 6.90. The van der Waals surface area contributed by atoms with Gasteiger partial charge in [-0.3, -0.25) is 14.5 Å². The van der Waals surface area contributed by atoms with Gasteiger partial charge in [0.15, 0.2) is 0 Å². The molecule has 0 aromatic rings. The summed E-state index contributed by atoms with van der Waals surface area (Å²) in [6.45, 7) is 12.3. The predicted octanol–water partition coefficient (Wildman–Crippen LogP) is 2.51. The van der Waals surface area contributed by atoms with Crippen LogP contribution in [0.25, 0.3) is 0 Å². The molecule has 0 bridgehead atoms. The molecule has 0 aromatic heterocycles. The lowest BCUT2D eigenvalue weighted by molar-refractivity contribution is -0.149. The Balaban J connectivity index is 1.51. The highest BCUT2D eigenvalue weighted by Crippen LogP contribution is 2.26. The van der Waals surface area contributed by atoms with Crippen molar-refractivity contribution in [3.05, 3.63) is 0 Å². The van der Waals surface area contributed by atoms with Gasteiger partial charge >= 0.3 is 0 Å². The summed E-state index contributed by atoms with van der Waals surface area (Å²) in [4.78, 5) is 32.5. The molecule has 6 nitrogen and oxygen atoms in total. The van der Waals surface area contributed by atoms with Crippen LogP contribution in [0.15, 0.2) is 0 Å². The lowest BCUT2D eigenvalue weighted by atomic mass is 9.93. The van der Waals surface area contributed by atoms with Crippen LogP contribution in [0.1, 0.15) is 66.2 Å². The van der Waals surface area contributed by atoms with Crippen molar-refractivity contribution in [2.45, 2.75) is 90.5 Å². The Bertz CT molecular complexity index is 537. The second-order valence-electron chi connectivity index (χ2n) is 9.08. The predicted molar refractivity (Wildman–Crippen MR) is 110 cm³/mol. The molecule has 0 spiro atoms. The SMILES string of the molecule is CCC1CCCCN1C(=O)C(C)N1CCC(C(=O)N2CC(C)OC(C)C2)CC1. The highest BCUT2D eigenvalue weighted by molar-refractivity contribution is 5.82. The Morgan fingerprint density at radius 3 is 2.25 bits per heavy atom. The van der Waals surface area contributed by atoms with Crippen LogP contribution in [0.4, 0.5) is 0 Å². The molecule has 0 N–H and O–H groups in total. The summed E-state index contributed by atoms with van der Waals surface area (Å²) in [5.41, 5.74) is 0. The fourth-order valence-electron chi connectivity index (χ4n) is 5.26. The molecule has 3 fully saturated rings. The van der Waals surface area contributed by atoms with E-state index in [1.807, 2.05) is 18.7 Å². The average Bonchev–Trinajstić information content (AvgIpc) is 2.71. The third-order valence-corrected chi connectivity index (χ3v) is 6.90. The fraction of sp³-hybridized carbons (Fsp3) is 0.909. The molecular weight excluding hydrogens is 354 g/mol. The lowest BCUT2D eigenvalue weighted by Gasteiger charge is -2.42. The molecule has 3 saturated heterocycles. The van der Waals surface area contributed by atoms with Crippen LogP contribution in [-0.2, 0) is 14.3 Å². The first-order valence-corrected chi connectivity index (χ1v) is 11.4. The first-order valence-electron chi connectivity index (χ1n) is 11.4. The Labute approximate surface area is 170 Å². The molecule has 0 aliphatic carbocycles. The molecular formula is C22H39N3O3. The number of amides is 2. The maximum absolute atomic E-state index is 13.1. The summed E-state index contributed by atoms with van der Waals surface area (Å²) in [5.74, 6) is 0.657. The standard InChI is InChI=1S/C22H39N3O3/c1-5-20-8-6-7-11-25(20)21(26)18(4)23-12-9-19(10-13-23)22(27)24-14-16(2)28-17(3)15-24/h16-20H,5-15H2,1-4H3. The van der Waals surface area contributed by atoms with Crippen LogP contribution >= 0.6 is 0 Å². The number of hydrogen-bond acceptors (Lipinski definition) is 4. The Morgan fingerprint density at radius 2 is 1.64 bits per heavy atom. The summed E-state index contributed by atoms with van der Waals surface area (Å²) in [7, 11) is 0. The molecule has 2 amide bonds. The van der Waals surface area contributed by atoms with E-state index < -0.39 is 0 Å². The maximum Gasteiger partial charge on any atom is 0.239 e. The minimum Gasteiger partial charge on any atom is -0.372 e. The van der Waals surface area contributed by atoms with E-state index in [4.69, 9.17) is 4.74 Å². The number of carbonyl (C=O) groups is 2. The quantitative estimate of drug-likeness (QED) is 0.736. The van der Waals surface area contributed by atoms with Gasteiger partial charge in [-0.05, 0) is 72.4 Å². The van der Waals surface area contributed by atoms with Crippen LogP contribution in [0.3, 0.4) is 0 Å². The first kappa shape index (κ1) is 21.6. The largest absolute Gasteiger partial charge is 0.372 e. The number of piperidine rings is 2. The van der Waals surface area contributed by atoms with Gasteiger partial charge in [0.05, 0.1) is 18.2 Å². The summed E-state index contributed by atoms with van der Waals surface area (Å²) in [6.07, 6.45) is 6.49. The molecule has 3 aliphatic rings. The van der Waals surface area contributed by atoms with Crippen molar-refractivity contribution >= 4 is 11.8 Å². The van der Waals surface area contributed by atoms with E-state index in [1.165, 1.54) is 6.42 Å². The van der Waals surface area contributed by atoms with E-state index in [-0.39, 0.29) is 36.0 Å². The lowest BCUT2D eigenvalue weighted by Crippen LogP contribution is -2.55. The van der Waals surface area contributed by atoms with Crippen LogP contribution in [0, 0.1) is 5.92 Å². The van der Waals surface area contributed by atoms with Gasteiger partial charge in [-0.2, -0.15) is 0 Å². The summed E-state index contributed by atoms with van der Waals surface area (Å²) < 4.78 is 5.76. The fourth-order valence-corrected chi connectivity index (χ4v) is 5.26. The number of nitrogens with zero attached hydrogens (tertiary/aromatic N) is 3. The number of likely N-dealkylation sites (tertiary alicyclic amines) is 2. The first-order chi connectivity index (χ1) is 13.4. The van der Waals surface area contributed by atoms with Crippen molar-refractivity contribution in [2.75, 3.05) is 32.7 Å². The van der Waals surface area contributed by atoms with Gasteiger partial charge < -0.3 is 14.5 Å². The van der Waals surface area contributed by atoms with Crippen LogP contribution in [0.5, 0.6) is 0 Å². The van der Waals surface area contributed by atoms with E-state index in [0.29, 0.717) is 19.1 Å². The molecule has 4 atom stereocenters. The van der Waals surface area contributed by atoms with Crippen LogP contribution < -0.4 is 0 Å². The van der Waals surface area contributed by atoms with Crippen molar-refractivity contribution < 1.29 is 14.3 Å². The molecule has 160 valence electrons. The molecule has 6 heteroatoms. The smallest absolute Gasteiger partial charge is 0.239 e. The monoisotopic (exact) mass is 393 g/mol. The molecule has 3 rings (SSSR count). The Kier molecular flexibility index (Phi) is 7.37. The van der Waals surface area contributed by atoms with Crippen molar-refractivity contribution in [1.82, 2.24) is 14.7 Å². The van der Waals surface area contributed by atoms with Crippen molar-refractivity contribution in [3.8, 4) is 0 Å². The van der Waals surface area contributed by atoms with Crippen LogP contribution in [-0.4, -0.2) is 83.5 Å². The molecule has 3 heterocycles. The van der Waals surface area contributed by atoms with Gasteiger partial charge in [0.1, 0.15) is 0 Å². The molecule has 3 aliphatic heterocycles. The summed E-state index contributed by atoms with van der Waals surface area (Å²) >= 11 is 0. The van der Waals surface area contributed by atoms with E-state index in [1.54, 1.807) is 0 Å². The highest BCUT2D eigenvalue weighted by Gasteiger charge is 2.36. The number of ether oxygens (including phenoxy) is 1. The second-order valence-corrected chi connectivity index (χ2v) is 9.08. The summed E-state index contributed by atoms with van der Waals surface area (Å²) in [6, 6.07) is 0.333. The minimum atomic E-state index is -0.0772.